The van der Waals surface area contributed by atoms with Crippen molar-refractivity contribution in [2.24, 2.45) is 0 Å². The number of nitrogens with zero attached hydrogens (tertiary/aromatic N) is 1. The van der Waals surface area contributed by atoms with E-state index in [9.17, 15) is 9.59 Å². The molecule has 0 unspecified atom stereocenters. The maximum Gasteiger partial charge on any atom is 0.254 e. The van der Waals surface area contributed by atoms with E-state index >= 15 is 0 Å². The summed E-state index contributed by atoms with van der Waals surface area (Å²) < 4.78 is 0. The van der Waals surface area contributed by atoms with Gasteiger partial charge in [-0.25, -0.2) is 4.98 Å². The maximum atomic E-state index is 12.2. The molecule has 1 heterocycles. The molecule has 0 bridgehead atoms. The van der Waals surface area contributed by atoms with Gasteiger partial charge >= 0.3 is 0 Å². The largest absolute Gasteiger partial charge is 0.349 e. The Labute approximate surface area is 136 Å². The van der Waals surface area contributed by atoms with Crippen molar-refractivity contribution in [2.45, 2.75) is 24.8 Å². The zero-order valence-electron chi connectivity index (χ0n) is 11.5. The standard InChI is InChI=1S/C15H13Cl2N3O2/c16-10-2-1-3-11(17)14(10)15(22)20-9-4-8(5-9)12-6-13(21)19-7-18-12/h1-3,6-9H,4-5H2,(H,20,22)(H,18,19,21). The molecule has 1 saturated carbocycles. The molecule has 1 aliphatic rings. The molecule has 0 spiro atoms. The van der Waals surface area contributed by atoms with E-state index in [0.717, 1.165) is 18.5 Å². The van der Waals surface area contributed by atoms with Crippen LogP contribution in [-0.4, -0.2) is 21.9 Å². The summed E-state index contributed by atoms with van der Waals surface area (Å²) in [6, 6.07) is 6.48. The van der Waals surface area contributed by atoms with Gasteiger partial charge in [-0.1, -0.05) is 29.3 Å². The summed E-state index contributed by atoms with van der Waals surface area (Å²) in [4.78, 5) is 30.1. The van der Waals surface area contributed by atoms with E-state index in [1.165, 1.54) is 12.4 Å². The topological polar surface area (TPSA) is 74.8 Å². The number of carbonyl (C=O) groups excluding carboxylic acids is 1. The molecule has 2 N–H and O–H groups in total. The number of hydrogen-bond donors (Lipinski definition) is 2. The lowest BCUT2D eigenvalue weighted by Gasteiger charge is -2.35. The van der Waals surface area contributed by atoms with Crippen LogP contribution in [0.2, 0.25) is 10.0 Å². The van der Waals surface area contributed by atoms with Crippen LogP contribution < -0.4 is 10.9 Å². The summed E-state index contributed by atoms with van der Waals surface area (Å²) in [5, 5.41) is 3.57. The zero-order valence-corrected chi connectivity index (χ0v) is 13.0. The number of carbonyl (C=O) groups is 1. The van der Waals surface area contributed by atoms with Crippen LogP contribution in [0.1, 0.15) is 34.8 Å². The summed E-state index contributed by atoms with van der Waals surface area (Å²) in [6.07, 6.45) is 2.88. The fraction of sp³-hybridized carbons (Fsp3) is 0.267. The van der Waals surface area contributed by atoms with Crippen LogP contribution in [0.15, 0.2) is 35.4 Å². The highest BCUT2D eigenvalue weighted by molar-refractivity contribution is 6.39. The summed E-state index contributed by atoms with van der Waals surface area (Å²) in [5.41, 5.74) is 0.883. The highest BCUT2D eigenvalue weighted by Gasteiger charge is 2.33. The summed E-state index contributed by atoms with van der Waals surface area (Å²) in [6.45, 7) is 0. The molecule has 1 amide bonds. The van der Waals surface area contributed by atoms with Crippen LogP contribution in [0.4, 0.5) is 0 Å². The normalized spacial score (nSPS) is 20.3. The molecule has 3 rings (SSSR count). The molecule has 0 atom stereocenters. The van der Waals surface area contributed by atoms with Gasteiger partial charge < -0.3 is 10.3 Å². The second-order valence-corrected chi connectivity index (χ2v) is 6.09. The van der Waals surface area contributed by atoms with Crippen LogP contribution in [0.3, 0.4) is 0 Å². The van der Waals surface area contributed by atoms with Crippen molar-refractivity contribution < 1.29 is 4.79 Å². The first-order valence-corrected chi connectivity index (χ1v) is 7.59. The van der Waals surface area contributed by atoms with Crippen molar-refractivity contribution in [1.29, 1.82) is 0 Å². The quantitative estimate of drug-likeness (QED) is 0.904. The van der Waals surface area contributed by atoms with Gasteiger partial charge in [-0.2, -0.15) is 0 Å². The molecule has 2 aromatic rings. The van der Waals surface area contributed by atoms with Gasteiger partial charge in [0.2, 0.25) is 0 Å². The summed E-state index contributed by atoms with van der Waals surface area (Å²) in [7, 11) is 0. The van der Waals surface area contributed by atoms with E-state index < -0.39 is 0 Å². The van der Waals surface area contributed by atoms with E-state index in [0.29, 0.717) is 15.6 Å². The van der Waals surface area contributed by atoms with Crippen LogP contribution in [0.5, 0.6) is 0 Å². The molecule has 1 fully saturated rings. The average Bonchev–Trinajstić information content (AvgIpc) is 2.42. The molecule has 22 heavy (non-hydrogen) atoms. The third-order valence-corrected chi connectivity index (χ3v) is 4.41. The van der Waals surface area contributed by atoms with E-state index in [4.69, 9.17) is 23.2 Å². The number of halogens is 2. The van der Waals surface area contributed by atoms with Crippen molar-refractivity contribution in [1.82, 2.24) is 15.3 Å². The molecule has 114 valence electrons. The lowest BCUT2D eigenvalue weighted by molar-refractivity contribution is 0.0908. The highest BCUT2D eigenvalue weighted by Crippen LogP contribution is 2.35. The third kappa shape index (κ3) is 3.00. The minimum Gasteiger partial charge on any atom is -0.349 e. The molecule has 5 nitrogen and oxygen atoms in total. The van der Waals surface area contributed by atoms with Gasteiger partial charge in [0.1, 0.15) is 0 Å². The van der Waals surface area contributed by atoms with Crippen LogP contribution >= 0.6 is 23.2 Å². The number of aromatic nitrogens is 2. The van der Waals surface area contributed by atoms with E-state index in [1.54, 1.807) is 18.2 Å². The van der Waals surface area contributed by atoms with Crippen LogP contribution in [-0.2, 0) is 0 Å². The molecule has 1 aromatic heterocycles. The molecular formula is C15H13Cl2N3O2. The Hall–Kier alpha value is -1.85. The second-order valence-electron chi connectivity index (χ2n) is 5.27. The number of nitrogens with one attached hydrogen (secondary N) is 2. The van der Waals surface area contributed by atoms with Crippen molar-refractivity contribution in [2.75, 3.05) is 0 Å². The van der Waals surface area contributed by atoms with Gasteiger partial charge in [-0.05, 0) is 25.0 Å². The fourth-order valence-electron chi connectivity index (χ4n) is 2.56. The van der Waals surface area contributed by atoms with Crippen molar-refractivity contribution in [3.05, 3.63) is 62.2 Å². The van der Waals surface area contributed by atoms with E-state index in [-0.39, 0.29) is 23.4 Å². The van der Waals surface area contributed by atoms with Gasteiger partial charge in [0, 0.05) is 18.0 Å². The molecular weight excluding hydrogens is 325 g/mol. The van der Waals surface area contributed by atoms with Gasteiger partial charge in [-0.3, -0.25) is 9.59 Å². The number of hydrogen-bond acceptors (Lipinski definition) is 3. The molecule has 1 aromatic carbocycles. The minimum atomic E-state index is -0.280. The zero-order chi connectivity index (χ0) is 15.7. The first kappa shape index (κ1) is 15.1. The van der Waals surface area contributed by atoms with Gasteiger partial charge in [0.25, 0.3) is 11.5 Å². The number of benzene rings is 1. The first-order valence-electron chi connectivity index (χ1n) is 6.84. The van der Waals surface area contributed by atoms with Crippen molar-refractivity contribution >= 4 is 29.1 Å². The maximum absolute atomic E-state index is 12.2. The second kappa shape index (κ2) is 6.10. The monoisotopic (exact) mass is 337 g/mol. The SMILES string of the molecule is O=C(NC1CC(c2cc(=O)[nH]cn2)C1)c1c(Cl)cccc1Cl. The van der Waals surface area contributed by atoms with Gasteiger partial charge in [0.15, 0.2) is 0 Å². The molecule has 0 saturated heterocycles. The van der Waals surface area contributed by atoms with E-state index in [2.05, 4.69) is 15.3 Å². The van der Waals surface area contributed by atoms with Crippen LogP contribution in [0, 0.1) is 0 Å². The predicted molar refractivity (Wildman–Crippen MR) is 84.5 cm³/mol. The Morgan fingerprint density at radius 1 is 1.27 bits per heavy atom. The van der Waals surface area contributed by atoms with E-state index in [1.807, 2.05) is 0 Å². The third-order valence-electron chi connectivity index (χ3n) is 3.78. The number of amides is 1. The Balaban J connectivity index is 1.63. The average molecular weight is 338 g/mol. The number of aromatic amines is 1. The Bertz CT molecular complexity index is 749. The van der Waals surface area contributed by atoms with Crippen molar-refractivity contribution in [3.63, 3.8) is 0 Å². The summed E-state index contributed by atoms with van der Waals surface area (Å²) in [5.74, 6) is -0.0905. The molecule has 0 aliphatic heterocycles. The smallest absolute Gasteiger partial charge is 0.254 e. The lowest BCUT2D eigenvalue weighted by atomic mass is 9.78. The highest BCUT2D eigenvalue weighted by atomic mass is 35.5. The summed E-state index contributed by atoms with van der Waals surface area (Å²) >= 11 is 12.0. The number of rotatable bonds is 3. The molecule has 7 heteroatoms. The fourth-order valence-corrected chi connectivity index (χ4v) is 3.13. The van der Waals surface area contributed by atoms with Crippen molar-refractivity contribution in [3.8, 4) is 0 Å². The lowest BCUT2D eigenvalue weighted by Crippen LogP contribution is -2.43. The molecule has 0 radical (unpaired) electrons. The Morgan fingerprint density at radius 2 is 1.95 bits per heavy atom. The Morgan fingerprint density at radius 3 is 2.59 bits per heavy atom. The minimum absolute atomic E-state index is 0.0333. The van der Waals surface area contributed by atoms with Gasteiger partial charge in [-0.15, -0.1) is 0 Å². The molecule has 1 aliphatic carbocycles. The predicted octanol–water partition coefficient (Wildman–Crippen LogP) is 2.75. The number of H-pyrrole nitrogens is 1. The Kier molecular flexibility index (Phi) is 4.18. The van der Waals surface area contributed by atoms with Crippen LogP contribution in [0.25, 0.3) is 0 Å². The first-order chi connectivity index (χ1) is 10.5. The van der Waals surface area contributed by atoms with Gasteiger partial charge in [0.05, 0.1) is 27.6 Å².